The fourth-order valence-electron chi connectivity index (χ4n) is 2.58. The fourth-order valence-corrected chi connectivity index (χ4v) is 3.34. The van der Waals surface area contributed by atoms with Gasteiger partial charge >= 0.3 is 5.97 Å². The van der Waals surface area contributed by atoms with Crippen LogP contribution < -0.4 is 10.1 Å². The highest BCUT2D eigenvalue weighted by molar-refractivity contribution is 7.17. The summed E-state index contributed by atoms with van der Waals surface area (Å²) in [7, 11) is 1.63. The zero-order valence-corrected chi connectivity index (χ0v) is 15.8. The minimum atomic E-state index is -0.958. The van der Waals surface area contributed by atoms with E-state index in [1.807, 2.05) is 19.1 Å². The highest BCUT2D eigenvalue weighted by atomic mass is 32.1. The molecule has 27 heavy (non-hydrogen) atoms. The summed E-state index contributed by atoms with van der Waals surface area (Å²) in [5.41, 5.74) is 2.78. The number of carbonyl (C=O) groups is 1. The van der Waals surface area contributed by atoms with Crippen LogP contribution in [0.5, 0.6) is 5.06 Å². The number of hydrogen-bond donors (Lipinski definition) is 2. The summed E-state index contributed by atoms with van der Waals surface area (Å²) in [6, 6.07) is 10.3. The number of allylic oxidation sites excluding steroid dienone is 1. The number of nitrogens with one attached hydrogen (secondary N) is 1. The Balaban J connectivity index is 2.00. The molecule has 0 aliphatic heterocycles. The molecule has 0 bridgehead atoms. The molecule has 1 aromatic carbocycles. The Morgan fingerprint density at radius 2 is 2.00 bits per heavy atom. The van der Waals surface area contributed by atoms with Crippen LogP contribution in [0.15, 0.2) is 49.1 Å². The van der Waals surface area contributed by atoms with Crippen LogP contribution >= 0.6 is 11.3 Å². The van der Waals surface area contributed by atoms with Crippen molar-refractivity contribution in [3.8, 4) is 15.8 Å². The fraction of sp³-hybridized carbons (Fsp3) is 0.150. The van der Waals surface area contributed by atoms with Crippen LogP contribution in [-0.2, 0) is 6.42 Å². The summed E-state index contributed by atoms with van der Waals surface area (Å²) in [6.45, 7) is 5.75. The van der Waals surface area contributed by atoms with E-state index in [1.54, 1.807) is 37.5 Å². The molecule has 0 atom stereocenters. The predicted molar refractivity (Wildman–Crippen MR) is 107 cm³/mol. The van der Waals surface area contributed by atoms with Gasteiger partial charge in [-0.3, -0.25) is 0 Å². The van der Waals surface area contributed by atoms with Gasteiger partial charge in [-0.2, -0.15) is 0 Å². The number of methoxy groups -OCH3 is 1. The third-order valence-corrected chi connectivity index (χ3v) is 5.00. The first-order valence-corrected chi connectivity index (χ1v) is 9.06. The molecule has 2 aromatic heterocycles. The zero-order chi connectivity index (χ0) is 19.4. The second kappa shape index (κ2) is 8.01. The first-order valence-electron chi connectivity index (χ1n) is 8.24. The predicted octanol–water partition coefficient (Wildman–Crippen LogP) is 4.69. The van der Waals surface area contributed by atoms with Crippen molar-refractivity contribution in [2.45, 2.75) is 13.3 Å². The Morgan fingerprint density at radius 3 is 2.59 bits per heavy atom. The standard InChI is InChI=1S/C20H19N3O3S/c1-4-5-15-12(2)21-19(16-10-11-17(26-3)27-16)23-18(15)22-14-8-6-13(7-9-14)20(24)25/h4,6-11H,1,5H2,2-3H3,(H,24,25)(H,21,22,23). The Bertz CT molecular complexity index is 981. The van der Waals surface area contributed by atoms with Crippen LogP contribution in [0.4, 0.5) is 11.5 Å². The number of carboxylic acid groups (broad SMARTS) is 1. The number of hydrogen-bond acceptors (Lipinski definition) is 6. The lowest BCUT2D eigenvalue weighted by molar-refractivity contribution is 0.0697. The molecule has 2 heterocycles. The van der Waals surface area contributed by atoms with Gasteiger partial charge in [-0.25, -0.2) is 14.8 Å². The maximum Gasteiger partial charge on any atom is 0.335 e. The normalized spacial score (nSPS) is 10.4. The van der Waals surface area contributed by atoms with Crippen molar-refractivity contribution < 1.29 is 14.6 Å². The number of anilines is 2. The monoisotopic (exact) mass is 381 g/mol. The Kier molecular flexibility index (Phi) is 5.52. The maximum absolute atomic E-state index is 11.0. The summed E-state index contributed by atoms with van der Waals surface area (Å²) in [4.78, 5) is 21.2. The number of nitrogens with zero attached hydrogens (tertiary/aromatic N) is 2. The van der Waals surface area contributed by atoms with Crippen LogP contribution in [0, 0.1) is 6.92 Å². The molecule has 0 saturated heterocycles. The van der Waals surface area contributed by atoms with Crippen molar-refractivity contribution in [2.75, 3.05) is 12.4 Å². The topological polar surface area (TPSA) is 84.3 Å². The highest BCUT2D eigenvalue weighted by Gasteiger charge is 2.14. The number of aromatic carboxylic acids is 1. The van der Waals surface area contributed by atoms with E-state index in [-0.39, 0.29) is 5.56 Å². The number of rotatable bonds is 7. The number of carboxylic acids is 1. The molecule has 0 aliphatic carbocycles. The van der Waals surface area contributed by atoms with Gasteiger partial charge in [-0.1, -0.05) is 17.4 Å². The van der Waals surface area contributed by atoms with Gasteiger partial charge in [0.15, 0.2) is 10.9 Å². The first-order chi connectivity index (χ1) is 13.0. The number of aryl methyl sites for hydroxylation is 1. The van der Waals surface area contributed by atoms with E-state index in [2.05, 4.69) is 16.9 Å². The molecule has 2 N–H and O–H groups in total. The van der Waals surface area contributed by atoms with Crippen LogP contribution in [0.1, 0.15) is 21.6 Å². The van der Waals surface area contributed by atoms with Crippen molar-refractivity contribution in [2.24, 2.45) is 0 Å². The quantitative estimate of drug-likeness (QED) is 0.578. The summed E-state index contributed by atoms with van der Waals surface area (Å²) < 4.78 is 5.25. The van der Waals surface area contributed by atoms with E-state index in [4.69, 9.17) is 14.8 Å². The molecule has 0 radical (unpaired) electrons. The third kappa shape index (κ3) is 4.15. The molecule has 0 aliphatic rings. The van der Waals surface area contributed by atoms with E-state index in [0.717, 1.165) is 26.9 Å². The largest absolute Gasteiger partial charge is 0.487 e. The minimum absolute atomic E-state index is 0.233. The molecular formula is C20H19N3O3S. The molecule has 6 nitrogen and oxygen atoms in total. The Labute approximate surface area is 161 Å². The molecule has 7 heteroatoms. The summed E-state index contributed by atoms with van der Waals surface area (Å²) in [6.07, 6.45) is 2.42. The SMILES string of the molecule is C=CCc1c(C)nc(-c2ccc(OC)s2)nc1Nc1ccc(C(=O)O)cc1. The van der Waals surface area contributed by atoms with Crippen LogP contribution in [0.2, 0.25) is 0 Å². The number of ether oxygens (including phenoxy) is 1. The zero-order valence-electron chi connectivity index (χ0n) is 15.0. The average Bonchev–Trinajstić information content (AvgIpc) is 3.14. The van der Waals surface area contributed by atoms with Crippen molar-refractivity contribution in [3.05, 3.63) is 65.9 Å². The van der Waals surface area contributed by atoms with Crippen molar-refractivity contribution in [1.82, 2.24) is 9.97 Å². The number of thiophene rings is 1. The lowest BCUT2D eigenvalue weighted by atomic mass is 10.1. The smallest absolute Gasteiger partial charge is 0.335 e. The van der Waals surface area contributed by atoms with Crippen LogP contribution in [-0.4, -0.2) is 28.2 Å². The van der Waals surface area contributed by atoms with Gasteiger partial charge in [-0.15, -0.1) is 6.58 Å². The van der Waals surface area contributed by atoms with Gasteiger partial charge in [-0.05, 0) is 49.7 Å². The highest BCUT2D eigenvalue weighted by Crippen LogP contribution is 2.33. The second-order valence-corrected chi connectivity index (χ2v) is 6.83. The average molecular weight is 381 g/mol. The molecule has 0 unspecified atom stereocenters. The van der Waals surface area contributed by atoms with Crippen molar-refractivity contribution >= 4 is 28.8 Å². The summed E-state index contributed by atoms with van der Waals surface area (Å²) in [5, 5.41) is 13.1. The molecule has 0 fully saturated rings. The molecule has 0 amide bonds. The van der Waals surface area contributed by atoms with Crippen molar-refractivity contribution in [3.63, 3.8) is 0 Å². The third-order valence-electron chi connectivity index (χ3n) is 3.96. The van der Waals surface area contributed by atoms with Gasteiger partial charge in [0, 0.05) is 16.9 Å². The molecule has 138 valence electrons. The number of aromatic nitrogens is 2. The van der Waals surface area contributed by atoms with Gasteiger partial charge in [0.2, 0.25) is 0 Å². The van der Waals surface area contributed by atoms with Crippen molar-refractivity contribution in [1.29, 1.82) is 0 Å². The second-order valence-electron chi connectivity index (χ2n) is 5.78. The molecule has 3 aromatic rings. The van der Waals surface area contributed by atoms with E-state index >= 15 is 0 Å². The number of benzene rings is 1. The van der Waals surface area contributed by atoms with E-state index < -0.39 is 5.97 Å². The molecule has 0 saturated carbocycles. The van der Waals surface area contributed by atoms with Gasteiger partial charge in [0.1, 0.15) is 5.82 Å². The maximum atomic E-state index is 11.0. The minimum Gasteiger partial charge on any atom is -0.487 e. The molecular weight excluding hydrogens is 362 g/mol. The lowest BCUT2D eigenvalue weighted by Crippen LogP contribution is -2.05. The van der Waals surface area contributed by atoms with Gasteiger partial charge in [0.05, 0.1) is 17.6 Å². The van der Waals surface area contributed by atoms with E-state index in [1.165, 1.54) is 11.3 Å². The Hall–Kier alpha value is -3.19. The van der Waals surface area contributed by atoms with Crippen LogP contribution in [0.25, 0.3) is 10.7 Å². The van der Waals surface area contributed by atoms with Gasteiger partial charge < -0.3 is 15.2 Å². The first kappa shape index (κ1) is 18.6. The molecule has 0 spiro atoms. The summed E-state index contributed by atoms with van der Waals surface area (Å²) >= 11 is 1.47. The summed E-state index contributed by atoms with van der Waals surface area (Å²) in [5.74, 6) is 0.326. The van der Waals surface area contributed by atoms with E-state index in [9.17, 15) is 4.79 Å². The van der Waals surface area contributed by atoms with Crippen LogP contribution in [0.3, 0.4) is 0 Å². The molecule has 3 rings (SSSR count). The van der Waals surface area contributed by atoms with Gasteiger partial charge in [0.25, 0.3) is 0 Å². The Morgan fingerprint density at radius 1 is 1.26 bits per heavy atom. The lowest BCUT2D eigenvalue weighted by Gasteiger charge is -2.14. The van der Waals surface area contributed by atoms with E-state index in [0.29, 0.717) is 18.1 Å².